The second-order valence-corrected chi connectivity index (χ2v) is 9.97. The normalized spacial score (nSPS) is 16.6. The molecule has 0 bridgehead atoms. The van der Waals surface area contributed by atoms with E-state index in [1.807, 2.05) is 12.1 Å². The number of anilines is 1. The van der Waals surface area contributed by atoms with Gasteiger partial charge >= 0.3 is 5.97 Å². The Bertz CT molecular complexity index is 1160. The summed E-state index contributed by atoms with van der Waals surface area (Å²) in [5, 5.41) is 7.11. The van der Waals surface area contributed by atoms with Gasteiger partial charge in [-0.2, -0.15) is 4.98 Å². The van der Waals surface area contributed by atoms with E-state index in [9.17, 15) is 9.59 Å². The predicted octanol–water partition coefficient (Wildman–Crippen LogP) is 4.67. The fourth-order valence-electron chi connectivity index (χ4n) is 4.21. The van der Waals surface area contributed by atoms with Gasteiger partial charge in [0.2, 0.25) is 17.6 Å². The maximum Gasteiger partial charge on any atom is 0.337 e. The monoisotopic (exact) mass is 476 g/mol. The number of carbonyl (C=O) groups excluding carboxylic acids is 2. The number of nitrogens with zero attached hydrogens (tertiary/aromatic N) is 3. The Morgan fingerprint density at radius 3 is 2.49 bits per heavy atom. The second-order valence-electron chi connectivity index (χ2n) is 9.97. The maximum absolute atomic E-state index is 12.8. The molecule has 8 heteroatoms. The van der Waals surface area contributed by atoms with E-state index in [-0.39, 0.29) is 17.2 Å². The van der Waals surface area contributed by atoms with Crippen molar-refractivity contribution in [2.75, 3.05) is 25.5 Å². The van der Waals surface area contributed by atoms with Gasteiger partial charge in [-0.1, -0.05) is 50.2 Å². The van der Waals surface area contributed by atoms with Gasteiger partial charge in [0, 0.05) is 17.8 Å². The first-order valence-electron chi connectivity index (χ1n) is 11.9. The number of benzene rings is 2. The molecule has 1 N–H and O–H groups in total. The molecule has 1 atom stereocenters. The van der Waals surface area contributed by atoms with Gasteiger partial charge in [0.05, 0.1) is 25.1 Å². The Balaban J connectivity index is 1.34. The lowest BCUT2D eigenvalue weighted by Gasteiger charge is -2.30. The van der Waals surface area contributed by atoms with Crippen LogP contribution in [0.25, 0.3) is 11.4 Å². The van der Waals surface area contributed by atoms with Crippen LogP contribution in [0.3, 0.4) is 0 Å². The number of carbonyl (C=O) groups is 2. The fourth-order valence-corrected chi connectivity index (χ4v) is 4.21. The Morgan fingerprint density at radius 2 is 1.83 bits per heavy atom. The zero-order chi connectivity index (χ0) is 25.0. The van der Waals surface area contributed by atoms with Crippen LogP contribution in [-0.4, -0.2) is 47.1 Å². The third-order valence-corrected chi connectivity index (χ3v) is 6.29. The van der Waals surface area contributed by atoms with Gasteiger partial charge in [0.1, 0.15) is 0 Å². The number of piperidine rings is 1. The Hall–Kier alpha value is -3.52. The number of nitrogens with one attached hydrogen (secondary N) is 1. The lowest BCUT2D eigenvalue weighted by atomic mass is 9.87. The van der Waals surface area contributed by atoms with Crippen molar-refractivity contribution in [2.45, 2.75) is 45.6 Å². The molecule has 0 saturated carbocycles. The van der Waals surface area contributed by atoms with Crippen molar-refractivity contribution >= 4 is 17.6 Å². The zero-order valence-corrected chi connectivity index (χ0v) is 20.7. The molecule has 4 rings (SSSR count). The Kier molecular flexibility index (Phi) is 7.31. The summed E-state index contributed by atoms with van der Waals surface area (Å²) in [5.74, 6) is 0.528. The quantitative estimate of drug-likeness (QED) is 0.516. The van der Waals surface area contributed by atoms with E-state index in [2.05, 4.69) is 53.3 Å². The van der Waals surface area contributed by atoms with E-state index in [4.69, 9.17) is 9.26 Å². The van der Waals surface area contributed by atoms with Crippen molar-refractivity contribution < 1.29 is 18.8 Å². The average Bonchev–Trinajstić information content (AvgIpc) is 3.32. The highest BCUT2D eigenvalue weighted by molar-refractivity contribution is 5.94. The van der Waals surface area contributed by atoms with Gasteiger partial charge in [-0.15, -0.1) is 0 Å². The SMILES string of the molecule is COC(=O)c1ccc(NC(=O)C2CCCN(Cc3nc(-c4ccc(C(C)(C)C)cc4)no3)C2)cc1. The maximum atomic E-state index is 12.8. The summed E-state index contributed by atoms with van der Waals surface area (Å²) in [7, 11) is 1.34. The smallest absolute Gasteiger partial charge is 0.337 e. The minimum atomic E-state index is -0.406. The topological polar surface area (TPSA) is 97.6 Å². The molecule has 1 aliphatic heterocycles. The Morgan fingerprint density at radius 1 is 1.11 bits per heavy atom. The molecule has 1 aromatic heterocycles. The minimum absolute atomic E-state index is 0.0364. The van der Waals surface area contributed by atoms with Crippen LogP contribution in [0.5, 0.6) is 0 Å². The number of hydrogen-bond acceptors (Lipinski definition) is 7. The molecule has 2 aromatic carbocycles. The van der Waals surface area contributed by atoms with Crippen LogP contribution >= 0.6 is 0 Å². The Labute approximate surface area is 205 Å². The van der Waals surface area contributed by atoms with Crippen LogP contribution in [-0.2, 0) is 21.5 Å². The molecule has 3 aromatic rings. The molecular weight excluding hydrogens is 444 g/mol. The third-order valence-electron chi connectivity index (χ3n) is 6.29. The number of aromatic nitrogens is 2. The number of rotatable bonds is 6. The summed E-state index contributed by atoms with van der Waals surface area (Å²) in [4.78, 5) is 31.2. The van der Waals surface area contributed by atoms with Crippen LogP contribution in [0, 0.1) is 5.92 Å². The van der Waals surface area contributed by atoms with Gasteiger partial charge in [-0.25, -0.2) is 4.79 Å². The molecule has 0 spiro atoms. The molecule has 0 radical (unpaired) electrons. The molecule has 35 heavy (non-hydrogen) atoms. The largest absolute Gasteiger partial charge is 0.465 e. The van der Waals surface area contributed by atoms with Crippen LogP contribution in [0.4, 0.5) is 5.69 Å². The van der Waals surface area contributed by atoms with Gasteiger partial charge in [0.25, 0.3) is 0 Å². The summed E-state index contributed by atoms with van der Waals surface area (Å²) in [5.41, 5.74) is 3.35. The predicted molar refractivity (Wildman–Crippen MR) is 133 cm³/mol. The lowest BCUT2D eigenvalue weighted by Crippen LogP contribution is -2.40. The first-order chi connectivity index (χ1) is 16.7. The van der Waals surface area contributed by atoms with Crippen LogP contribution < -0.4 is 5.32 Å². The third kappa shape index (κ3) is 6.14. The molecule has 1 aliphatic rings. The summed E-state index contributed by atoms with van der Waals surface area (Å²) in [6.45, 7) is 8.54. The summed E-state index contributed by atoms with van der Waals surface area (Å²) in [6.07, 6.45) is 1.73. The number of likely N-dealkylation sites (tertiary alicyclic amines) is 1. The summed E-state index contributed by atoms with van der Waals surface area (Å²) < 4.78 is 10.2. The van der Waals surface area contributed by atoms with E-state index >= 15 is 0 Å². The number of hydrogen-bond donors (Lipinski definition) is 1. The fraction of sp³-hybridized carbons (Fsp3) is 0.407. The van der Waals surface area contributed by atoms with Gasteiger partial charge in [-0.3, -0.25) is 9.69 Å². The van der Waals surface area contributed by atoms with Crippen molar-refractivity contribution in [3.8, 4) is 11.4 Å². The number of ether oxygens (including phenoxy) is 1. The van der Waals surface area contributed by atoms with Crippen LogP contribution in [0.15, 0.2) is 53.1 Å². The highest BCUT2D eigenvalue weighted by Crippen LogP contribution is 2.26. The molecule has 1 unspecified atom stereocenters. The van der Waals surface area contributed by atoms with Gasteiger partial charge < -0.3 is 14.6 Å². The molecule has 2 heterocycles. The first-order valence-corrected chi connectivity index (χ1v) is 11.9. The molecule has 184 valence electrons. The highest BCUT2D eigenvalue weighted by Gasteiger charge is 2.27. The molecular formula is C27H32N4O4. The molecule has 1 fully saturated rings. The van der Waals surface area contributed by atoms with Gasteiger partial charge in [0.15, 0.2) is 0 Å². The zero-order valence-electron chi connectivity index (χ0n) is 20.7. The van der Waals surface area contributed by atoms with Crippen molar-refractivity contribution in [2.24, 2.45) is 5.92 Å². The van der Waals surface area contributed by atoms with Crippen molar-refractivity contribution in [3.05, 3.63) is 65.5 Å². The standard InChI is InChI=1S/C27H32N4O4/c1-27(2,3)21-11-7-18(8-12-21)24-29-23(35-30-24)17-31-15-5-6-20(16-31)25(32)28-22-13-9-19(10-14-22)26(33)34-4/h7-14,20H,5-6,15-17H2,1-4H3,(H,28,32). The molecule has 0 aliphatic carbocycles. The highest BCUT2D eigenvalue weighted by atomic mass is 16.5. The summed E-state index contributed by atoms with van der Waals surface area (Å²) >= 11 is 0. The molecule has 1 amide bonds. The van der Waals surface area contributed by atoms with E-state index < -0.39 is 5.97 Å². The summed E-state index contributed by atoms with van der Waals surface area (Å²) in [6, 6.07) is 14.9. The molecule has 1 saturated heterocycles. The van der Waals surface area contributed by atoms with Crippen LogP contribution in [0.2, 0.25) is 0 Å². The van der Waals surface area contributed by atoms with Crippen LogP contribution in [0.1, 0.15) is 55.4 Å². The van der Waals surface area contributed by atoms with E-state index in [0.29, 0.717) is 36.1 Å². The molecule has 8 nitrogen and oxygen atoms in total. The number of methoxy groups -OCH3 is 1. The van der Waals surface area contributed by atoms with Crippen molar-refractivity contribution in [1.29, 1.82) is 0 Å². The lowest BCUT2D eigenvalue weighted by molar-refractivity contribution is -0.121. The first kappa shape index (κ1) is 24.6. The number of esters is 1. The van der Waals surface area contributed by atoms with Crippen molar-refractivity contribution in [3.63, 3.8) is 0 Å². The van der Waals surface area contributed by atoms with E-state index in [1.165, 1.54) is 12.7 Å². The van der Waals surface area contributed by atoms with Crippen molar-refractivity contribution in [1.82, 2.24) is 15.0 Å². The van der Waals surface area contributed by atoms with Gasteiger partial charge in [-0.05, 0) is 54.6 Å². The number of amides is 1. The second kappa shape index (κ2) is 10.4. The van der Waals surface area contributed by atoms with E-state index in [0.717, 1.165) is 24.9 Å². The minimum Gasteiger partial charge on any atom is -0.465 e. The average molecular weight is 477 g/mol. The van der Waals surface area contributed by atoms with E-state index in [1.54, 1.807) is 24.3 Å².